The van der Waals surface area contributed by atoms with Gasteiger partial charge < -0.3 is 14.4 Å². The van der Waals surface area contributed by atoms with Crippen LogP contribution in [0.3, 0.4) is 0 Å². The standard InChI is InChI=1S/C27H29BN2O2/c1-17-11-7-9-13-20(17)22-15-19(27(3,4)5)16-23(24(22)31-6)25-29-32-26(30(25)28)21-14-10-8-12-18(21)2/h7-16,26H,1-6H3. The van der Waals surface area contributed by atoms with Gasteiger partial charge in [0.2, 0.25) is 14.2 Å². The van der Waals surface area contributed by atoms with Crippen molar-refractivity contribution < 1.29 is 9.57 Å². The van der Waals surface area contributed by atoms with E-state index in [1.54, 1.807) is 11.9 Å². The molecule has 162 valence electrons. The largest absolute Gasteiger partial charge is 0.495 e. The summed E-state index contributed by atoms with van der Waals surface area (Å²) >= 11 is 0. The quantitative estimate of drug-likeness (QED) is 0.478. The average molecular weight is 424 g/mol. The minimum absolute atomic E-state index is 0.0761. The first-order valence-electron chi connectivity index (χ1n) is 10.8. The fraction of sp³-hybridized carbons (Fsp3) is 0.296. The number of hydrogen-bond donors (Lipinski definition) is 0. The van der Waals surface area contributed by atoms with Gasteiger partial charge in [-0.05, 0) is 53.6 Å². The van der Waals surface area contributed by atoms with Crippen LogP contribution >= 0.6 is 0 Å². The Morgan fingerprint density at radius 1 is 0.906 bits per heavy atom. The van der Waals surface area contributed by atoms with Crippen LogP contribution in [0.25, 0.3) is 11.1 Å². The average Bonchev–Trinajstić information content (AvgIpc) is 3.13. The molecule has 0 fully saturated rings. The predicted molar refractivity (Wildman–Crippen MR) is 131 cm³/mol. The van der Waals surface area contributed by atoms with Gasteiger partial charge in [0.15, 0.2) is 5.84 Å². The highest BCUT2D eigenvalue weighted by Crippen LogP contribution is 2.41. The Kier molecular flexibility index (Phi) is 5.76. The van der Waals surface area contributed by atoms with Gasteiger partial charge in [0.1, 0.15) is 5.75 Å². The van der Waals surface area contributed by atoms with E-state index in [0.717, 1.165) is 33.6 Å². The Bertz CT molecular complexity index is 1180. The van der Waals surface area contributed by atoms with E-state index in [9.17, 15) is 0 Å². The summed E-state index contributed by atoms with van der Waals surface area (Å²) in [6.07, 6.45) is -0.490. The van der Waals surface area contributed by atoms with E-state index in [4.69, 9.17) is 17.6 Å². The minimum atomic E-state index is -0.490. The smallest absolute Gasteiger partial charge is 0.234 e. The second-order valence-corrected chi connectivity index (χ2v) is 9.31. The number of methoxy groups -OCH3 is 1. The molecule has 0 saturated heterocycles. The third-order valence-electron chi connectivity index (χ3n) is 6.03. The maximum Gasteiger partial charge on any atom is 0.234 e. The zero-order valence-electron chi connectivity index (χ0n) is 19.6. The van der Waals surface area contributed by atoms with E-state index >= 15 is 0 Å². The van der Waals surface area contributed by atoms with Crippen molar-refractivity contribution in [2.24, 2.45) is 5.16 Å². The fourth-order valence-corrected chi connectivity index (χ4v) is 4.09. The fourth-order valence-electron chi connectivity index (χ4n) is 4.09. The van der Waals surface area contributed by atoms with E-state index in [1.165, 1.54) is 11.1 Å². The highest BCUT2D eigenvalue weighted by Gasteiger charge is 2.33. The van der Waals surface area contributed by atoms with Crippen LogP contribution in [0.2, 0.25) is 0 Å². The van der Waals surface area contributed by atoms with Crippen LogP contribution in [0.15, 0.2) is 65.8 Å². The number of rotatable bonds is 4. The molecular weight excluding hydrogens is 395 g/mol. The molecule has 0 bridgehead atoms. The molecule has 1 unspecified atom stereocenters. The molecule has 32 heavy (non-hydrogen) atoms. The van der Waals surface area contributed by atoms with Crippen molar-refractivity contribution in [3.05, 3.63) is 88.5 Å². The summed E-state index contributed by atoms with van der Waals surface area (Å²) in [5, 5.41) is 4.41. The maximum atomic E-state index is 6.58. The summed E-state index contributed by atoms with van der Waals surface area (Å²) in [7, 11) is 8.27. The van der Waals surface area contributed by atoms with Crippen LogP contribution in [0.1, 0.15) is 54.8 Å². The Morgan fingerprint density at radius 3 is 2.16 bits per heavy atom. The van der Waals surface area contributed by atoms with Gasteiger partial charge in [0.05, 0.1) is 12.7 Å². The second-order valence-electron chi connectivity index (χ2n) is 9.31. The Hall–Kier alpha value is -3.21. The molecule has 1 heterocycles. The van der Waals surface area contributed by atoms with Crippen LogP contribution in [-0.2, 0) is 10.3 Å². The van der Waals surface area contributed by atoms with Gasteiger partial charge in [0.25, 0.3) is 0 Å². The summed E-state index contributed by atoms with van der Waals surface area (Å²) in [6.45, 7) is 10.7. The number of benzene rings is 3. The first-order valence-corrected chi connectivity index (χ1v) is 10.8. The molecule has 1 atom stereocenters. The van der Waals surface area contributed by atoms with Crippen molar-refractivity contribution in [1.82, 2.24) is 4.81 Å². The first-order chi connectivity index (χ1) is 15.2. The molecule has 4 rings (SSSR count). The van der Waals surface area contributed by atoms with Crippen molar-refractivity contribution >= 4 is 13.8 Å². The van der Waals surface area contributed by atoms with E-state index in [1.807, 2.05) is 43.3 Å². The zero-order chi connectivity index (χ0) is 23.0. The number of ether oxygens (including phenoxy) is 1. The number of nitrogens with zero attached hydrogens (tertiary/aromatic N) is 2. The lowest BCUT2D eigenvalue weighted by Gasteiger charge is -2.27. The summed E-state index contributed by atoms with van der Waals surface area (Å²) in [5.74, 6) is 1.28. The molecule has 0 saturated carbocycles. The van der Waals surface area contributed by atoms with Crippen molar-refractivity contribution in [2.75, 3.05) is 7.11 Å². The van der Waals surface area contributed by atoms with E-state index < -0.39 is 6.23 Å². The predicted octanol–water partition coefficient (Wildman–Crippen LogP) is 6.05. The SMILES string of the molecule is [B]N1C(c2cc(C(C)(C)C)cc(-c3ccccc3C)c2OC)=NOC1c1ccccc1C. The van der Waals surface area contributed by atoms with Crippen LogP contribution < -0.4 is 4.74 Å². The molecule has 3 aromatic rings. The van der Waals surface area contributed by atoms with Crippen molar-refractivity contribution in [2.45, 2.75) is 46.3 Å². The highest BCUT2D eigenvalue weighted by molar-refractivity contribution is 6.21. The Labute approximate surface area is 192 Å². The van der Waals surface area contributed by atoms with Gasteiger partial charge in [-0.15, -0.1) is 0 Å². The molecular formula is C27H29BN2O2. The van der Waals surface area contributed by atoms with E-state index in [2.05, 4.69) is 57.1 Å². The lowest BCUT2D eigenvalue weighted by molar-refractivity contribution is 0.0390. The molecule has 1 aliphatic heterocycles. The minimum Gasteiger partial charge on any atom is -0.495 e. The highest BCUT2D eigenvalue weighted by atomic mass is 16.7. The van der Waals surface area contributed by atoms with Crippen molar-refractivity contribution in [3.8, 4) is 16.9 Å². The summed E-state index contributed by atoms with van der Waals surface area (Å²) in [6, 6.07) is 20.7. The van der Waals surface area contributed by atoms with Crippen LogP contribution in [0.4, 0.5) is 0 Å². The lowest BCUT2D eigenvalue weighted by atomic mass is 9.83. The van der Waals surface area contributed by atoms with Gasteiger partial charge in [-0.3, -0.25) is 0 Å². The maximum absolute atomic E-state index is 6.58. The topological polar surface area (TPSA) is 34.1 Å². The van der Waals surface area contributed by atoms with Gasteiger partial charge >= 0.3 is 0 Å². The van der Waals surface area contributed by atoms with Gasteiger partial charge in [-0.2, -0.15) is 0 Å². The third kappa shape index (κ3) is 3.88. The molecule has 0 amide bonds. The third-order valence-corrected chi connectivity index (χ3v) is 6.03. The molecule has 0 spiro atoms. The number of hydrogen-bond acceptors (Lipinski definition) is 4. The summed E-state index contributed by atoms with van der Waals surface area (Å²) < 4.78 is 5.96. The number of aryl methyl sites for hydroxylation is 2. The van der Waals surface area contributed by atoms with Crippen molar-refractivity contribution in [3.63, 3.8) is 0 Å². The molecule has 5 heteroatoms. The molecule has 4 nitrogen and oxygen atoms in total. The molecule has 0 aromatic heterocycles. The van der Waals surface area contributed by atoms with Crippen LogP contribution in [-0.4, -0.2) is 25.7 Å². The summed E-state index contributed by atoms with van der Waals surface area (Å²) in [5.41, 5.74) is 7.30. The Balaban J connectivity index is 1.88. The van der Waals surface area contributed by atoms with Gasteiger partial charge in [-0.1, -0.05) is 74.5 Å². The monoisotopic (exact) mass is 424 g/mol. The molecule has 2 radical (unpaired) electrons. The van der Waals surface area contributed by atoms with Crippen LogP contribution in [0.5, 0.6) is 5.75 Å². The second kappa shape index (κ2) is 8.38. The van der Waals surface area contributed by atoms with Gasteiger partial charge in [0, 0.05) is 11.1 Å². The first kappa shape index (κ1) is 22.0. The number of amidine groups is 1. The molecule has 0 N–H and O–H groups in total. The Morgan fingerprint density at radius 2 is 1.53 bits per heavy atom. The van der Waals surface area contributed by atoms with E-state index in [0.29, 0.717) is 5.84 Å². The lowest BCUT2D eigenvalue weighted by Crippen LogP contribution is -2.29. The normalized spacial score (nSPS) is 16.0. The zero-order valence-corrected chi connectivity index (χ0v) is 19.6. The molecule has 1 aliphatic rings. The van der Waals surface area contributed by atoms with Crippen molar-refractivity contribution in [1.29, 1.82) is 0 Å². The number of oxime groups is 1. The van der Waals surface area contributed by atoms with Gasteiger partial charge in [-0.25, -0.2) is 0 Å². The van der Waals surface area contributed by atoms with Crippen LogP contribution in [0, 0.1) is 13.8 Å². The summed E-state index contributed by atoms with van der Waals surface area (Å²) in [4.78, 5) is 7.42. The molecule has 3 aromatic carbocycles. The molecule has 0 aliphatic carbocycles. The van der Waals surface area contributed by atoms with E-state index in [-0.39, 0.29) is 5.41 Å².